The number of rotatable bonds is 7. The lowest BCUT2D eigenvalue weighted by atomic mass is 10.0. The highest BCUT2D eigenvalue weighted by molar-refractivity contribution is 6.30. The maximum atomic E-state index is 12.3. The molecule has 0 spiro atoms. The van der Waals surface area contributed by atoms with Gasteiger partial charge in [0.05, 0.1) is 13.0 Å². The van der Waals surface area contributed by atoms with Gasteiger partial charge in [0.1, 0.15) is 6.10 Å². The Labute approximate surface area is 151 Å². The second-order valence-electron chi connectivity index (χ2n) is 5.46. The van der Waals surface area contributed by atoms with Crippen LogP contribution in [-0.2, 0) is 20.7 Å². The van der Waals surface area contributed by atoms with E-state index in [1.165, 1.54) is 0 Å². The predicted octanol–water partition coefficient (Wildman–Crippen LogP) is 2.66. The van der Waals surface area contributed by atoms with Crippen LogP contribution in [0.25, 0.3) is 0 Å². The summed E-state index contributed by atoms with van der Waals surface area (Å²) >= 11 is 5.82. The molecule has 6 heteroatoms. The van der Waals surface area contributed by atoms with E-state index in [1.54, 1.807) is 61.5 Å². The van der Waals surface area contributed by atoms with Crippen molar-refractivity contribution in [2.75, 3.05) is 6.61 Å². The standard InChI is InChI=1S/C19H20ClNO4/c1-2-25-19(24)17(18(23)14-6-4-3-5-7-14)21-16(22)12-13-8-10-15(20)11-9-13/h3-11,17-18,23H,2,12H2,1H3,(H,21,22). The van der Waals surface area contributed by atoms with Gasteiger partial charge in [-0.1, -0.05) is 54.1 Å². The lowest BCUT2D eigenvalue weighted by Crippen LogP contribution is -2.46. The first-order valence-electron chi connectivity index (χ1n) is 7.94. The third-order valence-electron chi connectivity index (χ3n) is 3.59. The molecule has 0 aliphatic carbocycles. The van der Waals surface area contributed by atoms with Gasteiger partial charge in [0, 0.05) is 5.02 Å². The van der Waals surface area contributed by atoms with Crippen LogP contribution >= 0.6 is 11.6 Å². The molecule has 0 aliphatic rings. The molecule has 0 radical (unpaired) electrons. The Morgan fingerprint density at radius 1 is 1.12 bits per heavy atom. The molecular formula is C19H20ClNO4. The molecular weight excluding hydrogens is 342 g/mol. The van der Waals surface area contributed by atoms with Crippen molar-refractivity contribution >= 4 is 23.5 Å². The summed E-state index contributed by atoms with van der Waals surface area (Å²) in [4.78, 5) is 24.5. The van der Waals surface area contributed by atoms with Crippen molar-refractivity contribution in [3.63, 3.8) is 0 Å². The Morgan fingerprint density at radius 2 is 1.76 bits per heavy atom. The quantitative estimate of drug-likeness (QED) is 0.743. The number of carbonyl (C=O) groups excluding carboxylic acids is 2. The van der Waals surface area contributed by atoms with Crippen molar-refractivity contribution in [3.8, 4) is 0 Å². The Kier molecular flexibility index (Phi) is 6.98. The van der Waals surface area contributed by atoms with Gasteiger partial charge in [-0.15, -0.1) is 0 Å². The highest BCUT2D eigenvalue weighted by atomic mass is 35.5. The predicted molar refractivity (Wildman–Crippen MR) is 95.1 cm³/mol. The van der Waals surface area contributed by atoms with E-state index in [0.29, 0.717) is 10.6 Å². The molecule has 2 atom stereocenters. The van der Waals surface area contributed by atoms with E-state index in [9.17, 15) is 14.7 Å². The first-order chi connectivity index (χ1) is 12.0. The third kappa shape index (κ3) is 5.59. The summed E-state index contributed by atoms with van der Waals surface area (Å²) in [6.07, 6.45) is -1.14. The molecule has 2 aromatic carbocycles. The van der Waals surface area contributed by atoms with E-state index < -0.39 is 24.0 Å². The summed E-state index contributed by atoms with van der Waals surface area (Å²) < 4.78 is 4.98. The van der Waals surface area contributed by atoms with E-state index in [1.807, 2.05) is 0 Å². The minimum absolute atomic E-state index is 0.0641. The summed E-state index contributed by atoms with van der Waals surface area (Å²) in [5, 5.41) is 13.6. The zero-order chi connectivity index (χ0) is 18.2. The molecule has 0 bridgehead atoms. The average Bonchev–Trinajstić information content (AvgIpc) is 2.62. The van der Waals surface area contributed by atoms with Crippen LogP contribution < -0.4 is 5.32 Å². The second kappa shape index (κ2) is 9.20. The maximum Gasteiger partial charge on any atom is 0.331 e. The first kappa shape index (κ1) is 19.0. The van der Waals surface area contributed by atoms with Gasteiger partial charge in [0.2, 0.25) is 5.91 Å². The molecule has 0 heterocycles. The Morgan fingerprint density at radius 3 is 2.36 bits per heavy atom. The van der Waals surface area contributed by atoms with Crippen LogP contribution in [0.2, 0.25) is 5.02 Å². The van der Waals surface area contributed by atoms with Crippen molar-refractivity contribution < 1.29 is 19.4 Å². The number of aliphatic hydroxyl groups excluding tert-OH is 1. The highest BCUT2D eigenvalue weighted by Gasteiger charge is 2.30. The molecule has 0 fully saturated rings. The Hall–Kier alpha value is -2.37. The minimum atomic E-state index is -1.20. The number of hydrogen-bond donors (Lipinski definition) is 2. The SMILES string of the molecule is CCOC(=O)C(NC(=O)Cc1ccc(Cl)cc1)C(O)c1ccccc1. The maximum absolute atomic E-state index is 12.3. The molecule has 2 N–H and O–H groups in total. The number of amides is 1. The first-order valence-corrected chi connectivity index (χ1v) is 8.32. The van der Waals surface area contributed by atoms with Gasteiger partial charge in [0.25, 0.3) is 0 Å². The number of halogens is 1. The van der Waals surface area contributed by atoms with Crippen LogP contribution in [0.5, 0.6) is 0 Å². The number of aliphatic hydroxyl groups is 1. The van der Waals surface area contributed by atoms with Gasteiger partial charge in [-0.2, -0.15) is 0 Å². The topological polar surface area (TPSA) is 75.6 Å². The summed E-state index contributed by atoms with van der Waals surface area (Å²) in [7, 11) is 0. The Balaban J connectivity index is 2.11. The molecule has 2 rings (SSSR count). The molecule has 2 unspecified atom stereocenters. The number of hydrogen-bond acceptors (Lipinski definition) is 4. The lowest BCUT2D eigenvalue weighted by molar-refractivity contribution is -0.150. The van der Waals surface area contributed by atoms with Gasteiger partial charge in [-0.25, -0.2) is 4.79 Å². The van der Waals surface area contributed by atoms with E-state index in [4.69, 9.17) is 16.3 Å². The van der Waals surface area contributed by atoms with Crippen LogP contribution in [0.15, 0.2) is 54.6 Å². The summed E-state index contributed by atoms with van der Waals surface area (Å²) in [6, 6.07) is 14.3. The van der Waals surface area contributed by atoms with E-state index in [0.717, 1.165) is 5.56 Å². The number of nitrogens with one attached hydrogen (secondary N) is 1. The lowest BCUT2D eigenvalue weighted by Gasteiger charge is -2.23. The third-order valence-corrected chi connectivity index (χ3v) is 3.84. The van der Waals surface area contributed by atoms with Crippen LogP contribution in [0.3, 0.4) is 0 Å². The van der Waals surface area contributed by atoms with Crippen molar-refractivity contribution in [2.45, 2.75) is 25.5 Å². The van der Waals surface area contributed by atoms with E-state index in [-0.39, 0.29) is 13.0 Å². The van der Waals surface area contributed by atoms with Crippen LogP contribution in [0.1, 0.15) is 24.2 Å². The fourth-order valence-corrected chi connectivity index (χ4v) is 2.48. The monoisotopic (exact) mass is 361 g/mol. The second-order valence-corrected chi connectivity index (χ2v) is 5.89. The summed E-state index contributed by atoms with van der Waals surface area (Å²) in [5.74, 6) is -1.07. The van der Waals surface area contributed by atoms with Crippen LogP contribution in [0.4, 0.5) is 0 Å². The van der Waals surface area contributed by atoms with Crippen molar-refractivity contribution in [1.29, 1.82) is 0 Å². The van der Waals surface area contributed by atoms with Gasteiger partial charge >= 0.3 is 5.97 Å². The highest BCUT2D eigenvalue weighted by Crippen LogP contribution is 2.18. The molecule has 0 aliphatic heterocycles. The summed E-state index contributed by atoms with van der Waals surface area (Å²) in [6.45, 7) is 1.82. The molecule has 0 aromatic heterocycles. The normalized spacial score (nSPS) is 12.9. The largest absolute Gasteiger partial charge is 0.464 e. The smallest absolute Gasteiger partial charge is 0.331 e. The molecule has 2 aromatic rings. The molecule has 1 amide bonds. The van der Waals surface area contributed by atoms with Gasteiger partial charge in [-0.3, -0.25) is 4.79 Å². The fourth-order valence-electron chi connectivity index (χ4n) is 2.35. The van der Waals surface area contributed by atoms with Gasteiger partial charge in [-0.05, 0) is 30.2 Å². The van der Waals surface area contributed by atoms with E-state index in [2.05, 4.69) is 5.32 Å². The zero-order valence-corrected chi connectivity index (χ0v) is 14.6. The Bertz CT molecular complexity index is 703. The number of esters is 1. The van der Waals surface area contributed by atoms with Crippen LogP contribution in [-0.4, -0.2) is 29.6 Å². The summed E-state index contributed by atoms with van der Waals surface area (Å²) in [5.41, 5.74) is 1.27. The fraction of sp³-hybridized carbons (Fsp3) is 0.263. The minimum Gasteiger partial charge on any atom is -0.464 e. The molecule has 0 saturated carbocycles. The van der Waals surface area contributed by atoms with E-state index >= 15 is 0 Å². The average molecular weight is 362 g/mol. The molecule has 25 heavy (non-hydrogen) atoms. The molecule has 0 saturated heterocycles. The number of carbonyl (C=O) groups is 2. The molecule has 132 valence electrons. The number of benzene rings is 2. The van der Waals surface area contributed by atoms with Crippen LogP contribution in [0, 0.1) is 0 Å². The molecule has 5 nitrogen and oxygen atoms in total. The van der Waals surface area contributed by atoms with Gasteiger partial charge in [0.15, 0.2) is 6.04 Å². The van der Waals surface area contributed by atoms with Crippen molar-refractivity contribution in [3.05, 3.63) is 70.7 Å². The van der Waals surface area contributed by atoms with Gasteiger partial charge < -0.3 is 15.2 Å². The zero-order valence-electron chi connectivity index (χ0n) is 13.8. The van der Waals surface area contributed by atoms with Crippen molar-refractivity contribution in [1.82, 2.24) is 5.32 Å². The number of ether oxygens (including phenoxy) is 1. The van der Waals surface area contributed by atoms with Crippen molar-refractivity contribution in [2.24, 2.45) is 0 Å².